The Morgan fingerprint density at radius 1 is 1.05 bits per heavy atom. The molecule has 2 amide bonds. The fourth-order valence-corrected chi connectivity index (χ4v) is 6.07. The molecule has 0 saturated carbocycles. The lowest BCUT2D eigenvalue weighted by Crippen LogP contribution is -2.43. The van der Waals surface area contributed by atoms with E-state index in [9.17, 15) is 9.59 Å². The predicted molar refractivity (Wildman–Crippen MR) is 149 cm³/mol. The Balaban J connectivity index is 1.62. The Kier molecular flexibility index (Phi) is 6.98. The van der Waals surface area contributed by atoms with Gasteiger partial charge in [0.1, 0.15) is 11.8 Å². The molecule has 5 rings (SSSR count). The first-order valence-corrected chi connectivity index (χ1v) is 13.4. The number of methoxy groups -OCH3 is 1. The highest BCUT2D eigenvalue weighted by Crippen LogP contribution is 2.43. The van der Waals surface area contributed by atoms with Gasteiger partial charge in [-0.1, -0.05) is 74.1 Å². The summed E-state index contributed by atoms with van der Waals surface area (Å²) in [5.74, 6) is 1.00. The van der Waals surface area contributed by atoms with Gasteiger partial charge in [-0.3, -0.25) is 14.5 Å². The molecule has 0 aliphatic carbocycles. The van der Waals surface area contributed by atoms with Gasteiger partial charge in [0.2, 0.25) is 11.8 Å². The summed E-state index contributed by atoms with van der Waals surface area (Å²) in [6, 6.07) is 22.9. The molecule has 37 heavy (non-hydrogen) atoms. The Hall–Kier alpha value is -3.71. The third kappa shape index (κ3) is 4.60. The zero-order chi connectivity index (χ0) is 26.1. The van der Waals surface area contributed by atoms with Gasteiger partial charge in [-0.2, -0.15) is 0 Å². The molecule has 1 aromatic heterocycles. The normalized spacial score (nSPS) is 15.5. The van der Waals surface area contributed by atoms with Crippen molar-refractivity contribution in [1.82, 2.24) is 9.88 Å². The summed E-state index contributed by atoms with van der Waals surface area (Å²) in [4.78, 5) is 29.4. The van der Waals surface area contributed by atoms with Crippen LogP contribution in [0.4, 0.5) is 5.69 Å². The molecule has 2 heterocycles. The van der Waals surface area contributed by atoms with Gasteiger partial charge in [-0.15, -0.1) is 0 Å². The maximum absolute atomic E-state index is 14.1. The second-order valence-corrected chi connectivity index (χ2v) is 10.5. The molecule has 3 aromatic carbocycles. The van der Waals surface area contributed by atoms with Crippen molar-refractivity contribution in [1.29, 1.82) is 0 Å². The van der Waals surface area contributed by atoms with Crippen LogP contribution < -0.4 is 15.0 Å². The molecule has 0 spiro atoms. The molecule has 1 aliphatic heterocycles. The topological polar surface area (TPSA) is 63.6 Å². The number of carbonyl (C=O) groups excluding carboxylic acids is 2. The van der Waals surface area contributed by atoms with Crippen molar-refractivity contribution < 1.29 is 14.3 Å². The van der Waals surface area contributed by atoms with E-state index in [0.29, 0.717) is 23.9 Å². The Morgan fingerprint density at radius 3 is 2.49 bits per heavy atom. The van der Waals surface area contributed by atoms with Crippen LogP contribution in [-0.4, -0.2) is 29.2 Å². The quantitative estimate of drug-likeness (QED) is 0.354. The monoisotopic (exact) mass is 513 g/mol. The largest absolute Gasteiger partial charge is 0.496 e. The maximum atomic E-state index is 14.1. The first-order chi connectivity index (χ1) is 17.9. The molecule has 0 bridgehead atoms. The highest BCUT2D eigenvalue weighted by Gasteiger charge is 2.39. The Bertz CT molecular complexity index is 1460. The molecule has 1 atom stereocenters. The number of aromatic nitrogens is 1. The number of amides is 2. The number of rotatable bonds is 6. The summed E-state index contributed by atoms with van der Waals surface area (Å²) in [7, 11) is 3.61. The van der Waals surface area contributed by atoms with Crippen molar-refractivity contribution in [3.8, 4) is 5.75 Å². The van der Waals surface area contributed by atoms with E-state index in [4.69, 9.17) is 4.74 Å². The Labute approximate surface area is 221 Å². The van der Waals surface area contributed by atoms with Crippen molar-refractivity contribution >= 4 is 40.2 Å². The lowest BCUT2D eigenvalue weighted by atomic mass is 10.00. The number of aryl methyl sites for hydroxylation is 1. The number of hydrogen-bond donors (Lipinski definition) is 1. The first-order valence-electron chi connectivity index (χ1n) is 12.4. The van der Waals surface area contributed by atoms with Crippen molar-refractivity contribution in [2.45, 2.75) is 37.4 Å². The average molecular weight is 514 g/mol. The predicted octanol–water partition coefficient (Wildman–Crippen LogP) is 5.81. The summed E-state index contributed by atoms with van der Waals surface area (Å²) in [6.45, 7) is 4.57. The van der Waals surface area contributed by atoms with Crippen LogP contribution in [0, 0.1) is 0 Å². The summed E-state index contributed by atoms with van der Waals surface area (Å²) in [5, 5.41) is 5.02. The second kappa shape index (κ2) is 10.3. The van der Waals surface area contributed by atoms with Crippen LogP contribution in [0.2, 0.25) is 0 Å². The molecule has 6 nitrogen and oxygen atoms in total. The third-order valence-electron chi connectivity index (χ3n) is 6.96. The van der Waals surface area contributed by atoms with Gasteiger partial charge >= 0.3 is 0 Å². The van der Waals surface area contributed by atoms with E-state index in [1.54, 1.807) is 12.0 Å². The summed E-state index contributed by atoms with van der Waals surface area (Å²) in [6.07, 6.45) is 0. The molecule has 7 heteroatoms. The minimum Gasteiger partial charge on any atom is -0.496 e. The van der Waals surface area contributed by atoms with Gasteiger partial charge in [-0.25, -0.2) is 0 Å². The Morgan fingerprint density at radius 2 is 1.76 bits per heavy atom. The molecule has 1 aliphatic rings. The number of carbonyl (C=O) groups is 2. The summed E-state index contributed by atoms with van der Waals surface area (Å²) in [5.41, 5.74) is 4.67. The lowest BCUT2D eigenvalue weighted by molar-refractivity contribution is -0.125. The first kappa shape index (κ1) is 25.0. The van der Waals surface area contributed by atoms with Gasteiger partial charge in [0, 0.05) is 41.3 Å². The van der Waals surface area contributed by atoms with Gasteiger partial charge in [0.05, 0.1) is 17.9 Å². The van der Waals surface area contributed by atoms with E-state index in [2.05, 4.69) is 29.8 Å². The minimum absolute atomic E-state index is 0.0972. The second-order valence-electron chi connectivity index (χ2n) is 9.53. The number of hydrogen-bond acceptors (Lipinski definition) is 4. The highest BCUT2D eigenvalue weighted by atomic mass is 32.2. The fraction of sp³-hybridized carbons (Fsp3) is 0.267. The van der Waals surface area contributed by atoms with Crippen molar-refractivity contribution in [2.75, 3.05) is 17.8 Å². The van der Waals surface area contributed by atoms with E-state index in [1.165, 1.54) is 17.3 Å². The maximum Gasteiger partial charge on any atom is 0.248 e. The third-order valence-corrected chi connectivity index (χ3v) is 8.11. The molecule has 4 aromatic rings. The molecule has 1 unspecified atom stereocenters. The van der Waals surface area contributed by atoms with Crippen molar-refractivity contribution in [2.24, 2.45) is 7.05 Å². The average Bonchev–Trinajstić information content (AvgIpc) is 3.09. The van der Waals surface area contributed by atoms with E-state index in [1.807, 2.05) is 73.8 Å². The van der Waals surface area contributed by atoms with Crippen LogP contribution in [0.1, 0.15) is 42.5 Å². The van der Waals surface area contributed by atoms with Gasteiger partial charge in [0.15, 0.2) is 0 Å². The zero-order valence-electron chi connectivity index (χ0n) is 21.5. The van der Waals surface area contributed by atoms with Crippen LogP contribution in [0.25, 0.3) is 10.9 Å². The molecular formula is C30H31N3O3S. The number of fused-ring (bicyclic) bond motifs is 3. The number of nitrogens with zero attached hydrogens (tertiary/aromatic N) is 2. The molecule has 0 saturated heterocycles. The van der Waals surface area contributed by atoms with E-state index in [0.717, 1.165) is 27.1 Å². The number of ether oxygens (including phenoxy) is 1. The number of thioether (sulfide) groups is 1. The van der Waals surface area contributed by atoms with Gasteiger partial charge < -0.3 is 14.6 Å². The van der Waals surface area contributed by atoms with E-state index < -0.39 is 6.04 Å². The van der Waals surface area contributed by atoms with Crippen LogP contribution in [-0.2, 0) is 23.2 Å². The van der Waals surface area contributed by atoms with Crippen molar-refractivity contribution in [3.05, 3.63) is 89.5 Å². The van der Waals surface area contributed by atoms with Crippen molar-refractivity contribution in [3.63, 3.8) is 0 Å². The number of benzene rings is 3. The van der Waals surface area contributed by atoms with E-state index >= 15 is 0 Å². The van der Waals surface area contributed by atoms with Crippen LogP contribution in [0.15, 0.2) is 77.8 Å². The zero-order valence-corrected chi connectivity index (χ0v) is 22.3. The van der Waals surface area contributed by atoms with Crippen LogP contribution in [0.3, 0.4) is 0 Å². The van der Waals surface area contributed by atoms with Crippen LogP contribution in [0.5, 0.6) is 5.75 Å². The highest BCUT2D eigenvalue weighted by molar-refractivity contribution is 8.00. The lowest BCUT2D eigenvalue weighted by Gasteiger charge is -2.30. The van der Waals surface area contributed by atoms with Crippen LogP contribution >= 0.6 is 11.8 Å². The minimum atomic E-state index is -0.816. The summed E-state index contributed by atoms with van der Waals surface area (Å²) < 4.78 is 7.57. The van der Waals surface area contributed by atoms with Gasteiger partial charge in [0.25, 0.3) is 0 Å². The smallest absolute Gasteiger partial charge is 0.248 e. The standard InChI is InChI=1S/C30H31N3O3S/c1-19(2)20-13-15-22(16-14-20)33-26(34)18-37-30-27(23-10-6-7-11-24(23)32(30)3)28(33)29(35)31-17-21-9-5-8-12-25(21)36-4/h5-16,19,28H,17-18H2,1-4H3,(H,31,35). The molecule has 190 valence electrons. The number of nitrogens with one attached hydrogen (secondary N) is 1. The molecule has 0 fully saturated rings. The SMILES string of the molecule is COc1ccccc1CNC(=O)C1c2c(n(C)c3ccccc23)SCC(=O)N1c1ccc(C(C)C)cc1. The van der Waals surface area contributed by atoms with Gasteiger partial charge in [-0.05, 0) is 35.7 Å². The number of anilines is 1. The fourth-order valence-electron chi connectivity index (χ4n) is 5.00. The molecule has 1 N–H and O–H groups in total. The molecular weight excluding hydrogens is 482 g/mol. The molecule has 0 radical (unpaired) electrons. The number of para-hydroxylation sites is 2. The summed E-state index contributed by atoms with van der Waals surface area (Å²) >= 11 is 1.49. The van der Waals surface area contributed by atoms with E-state index in [-0.39, 0.29) is 17.6 Å².